The number of pyridine rings is 2. The van der Waals surface area contributed by atoms with Crippen molar-refractivity contribution in [2.75, 3.05) is 0 Å². The van der Waals surface area contributed by atoms with E-state index in [0.717, 1.165) is 0 Å². The van der Waals surface area contributed by atoms with Crippen molar-refractivity contribution in [3.8, 4) is 22.3 Å². The topological polar surface area (TPSA) is 7.76 Å². The van der Waals surface area contributed by atoms with Crippen molar-refractivity contribution in [1.29, 1.82) is 0 Å². The smallest absolute Gasteiger partial charge is 0.200 e. The van der Waals surface area contributed by atoms with Gasteiger partial charge in [-0.15, -0.1) is 0 Å². The van der Waals surface area contributed by atoms with Gasteiger partial charge in [0.15, 0.2) is 12.4 Å². The maximum Gasteiger partial charge on any atom is 0.214 e. The summed E-state index contributed by atoms with van der Waals surface area (Å²) in [5.74, 6) is 0. The van der Waals surface area contributed by atoms with Gasteiger partial charge >= 0.3 is 0 Å². The zero-order chi connectivity index (χ0) is 30.5. The van der Waals surface area contributed by atoms with Crippen molar-refractivity contribution < 1.29 is 9.13 Å². The Labute approximate surface area is 266 Å². The van der Waals surface area contributed by atoms with Crippen molar-refractivity contribution in [2.45, 2.75) is 0 Å². The lowest BCUT2D eigenvalue weighted by molar-refractivity contribution is -0.645. The first-order valence-electron chi connectivity index (χ1n) is 16.0. The van der Waals surface area contributed by atoms with Gasteiger partial charge in [-0.3, -0.25) is 0 Å². The van der Waals surface area contributed by atoms with Gasteiger partial charge in [0.25, 0.3) is 0 Å². The molecular weight excluding hydrogens is 556 g/mol. The lowest BCUT2D eigenvalue weighted by Crippen LogP contribution is -2.32. The normalized spacial score (nSPS) is 12.1. The van der Waals surface area contributed by atoms with Crippen LogP contribution in [0.1, 0.15) is 0 Å². The fourth-order valence-corrected chi connectivity index (χ4v) is 8.05. The summed E-state index contributed by atoms with van der Waals surface area (Å²) in [7, 11) is 4.38. The Kier molecular flexibility index (Phi) is 5.16. The lowest BCUT2D eigenvalue weighted by Gasteiger charge is -2.14. The highest BCUT2D eigenvalue weighted by atomic mass is 14.9. The Morgan fingerprint density at radius 1 is 0.348 bits per heavy atom. The fraction of sp³-hybridized carbons (Fsp3) is 0.0455. The van der Waals surface area contributed by atoms with Gasteiger partial charge in [0, 0.05) is 12.1 Å². The first-order chi connectivity index (χ1) is 22.6. The SMILES string of the molecule is C[n+]1cc2cc(-c3cccc4c3ccc3ccccc34)cc3c2c2c(cc(-c4cccc5c4ccc4ccccc45)cc21)c[n+]3C. The van der Waals surface area contributed by atoms with Crippen molar-refractivity contribution >= 4 is 75.7 Å². The Hall–Kier alpha value is -5.86. The molecule has 0 unspecified atom stereocenters. The first kappa shape index (κ1) is 25.5. The Balaban J connectivity index is 1.22. The summed E-state index contributed by atoms with van der Waals surface area (Å²) in [5.41, 5.74) is 7.50. The van der Waals surface area contributed by atoms with Gasteiger partial charge < -0.3 is 0 Å². The molecule has 0 atom stereocenters. The highest BCUT2D eigenvalue weighted by Crippen LogP contribution is 2.40. The number of hydrogen-bond acceptors (Lipinski definition) is 0. The summed E-state index contributed by atoms with van der Waals surface area (Å²) in [6.45, 7) is 0. The Morgan fingerprint density at radius 2 is 0.783 bits per heavy atom. The number of benzene rings is 8. The minimum Gasteiger partial charge on any atom is -0.200 e. The van der Waals surface area contributed by atoms with Crippen LogP contribution in [-0.4, -0.2) is 0 Å². The molecule has 2 aromatic heterocycles. The van der Waals surface area contributed by atoms with Gasteiger partial charge in [-0.2, -0.15) is 0 Å². The van der Waals surface area contributed by atoms with Crippen LogP contribution in [-0.2, 0) is 14.1 Å². The molecule has 10 aromatic rings. The van der Waals surface area contributed by atoms with Gasteiger partial charge in [0.2, 0.25) is 11.0 Å². The van der Waals surface area contributed by atoms with Crippen LogP contribution in [0.4, 0.5) is 0 Å². The van der Waals surface area contributed by atoms with Gasteiger partial charge in [0.05, 0.1) is 21.5 Å². The van der Waals surface area contributed by atoms with Gasteiger partial charge in [-0.1, -0.05) is 109 Å². The monoisotopic (exact) mass is 586 g/mol. The van der Waals surface area contributed by atoms with E-state index in [9.17, 15) is 0 Å². The van der Waals surface area contributed by atoms with Crippen LogP contribution in [0.5, 0.6) is 0 Å². The van der Waals surface area contributed by atoms with Crippen molar-refractivity contribution in [1.82, 2.24) is 0 Å². The number of rotatable bonds is 2. The third kappa shape index (κ3) is 3.53. The van der Waals surface area contributed by atoms with E-state index in [2.05, 4.69) is 169 Å². The molecule has 46 heavy (non-hydrogen) atoms. The average Bonchev–Trinajstić information content (AvgIpc) is 3.10. The summed E-state index contributed by atoms with van der Waals surface area (Å²) >= 11 is 0. The van der Waals surface area contributed by atoms with Crippen LogP contribution in [0, 0.1) is 0 Å². The highest BCUT2D eigenvalue weighted by Gasteiger charge is 2.24. The van der Waals surface area contributed by atoms with Gasteiger partial charge in [-0.25, -0.2) is 9.13 Å². The second-order valence-electron chi connectivity index (χ2n) is 12.8. The van der Waals surface area contributed by atoms with Crippen LogP contribution in [0.2, 0.25) is 0 Å². The molecule has 2 heteroatoms. The Bertz CT molecular complexity index is 2680. The second kappa shape index (κ2) is 9.32. The van der Waals surface area contributed by atoms with E-state index in [1.807, 2.05) is 0 Å². The minimum absolute atomic E-state index is 1.24. The quantitative estimate of drug-likeness (QED) is 0.141. The third-order valence-electron chi connectivity index (χ3n) is 10.2. The molecule has 0 aliphatic carbocycles. The number of aromatic nitrogens is 2. The third-order valence-corrected chi connectivity index (χ3v) is 10.2. The number of nitrogens with zero attached hydrogens (tertiary/aromatic N) is 2. The molecule has 2 heterocycles. The zero-order valence-electron chi connectivity index (χ0n) is 25.8. The molecule has 214 valence electrons. The van der Waals surface area contributed by atoms with Crippen LogP contribution < -0.4 is 9.13 Å². The summed E-state index contributed by atoms with van der Waals surface area (Å²) < 4.78 is 4.63. The standard InChI is InChI=1S/C44H30N2/c1-45-25-31-21-30(36-14-8-16-38-34-12-6-4-10-28(34)18-20-40(36)38)24-42-44(31)43-32(26-46(42)2)22-29(23-41(43)45)35-13-7-15-37-33-11-5-3-9-27(33)17-19-39(35)37/h3-26H,1-2H3/q+2. The average molecular weight is 587 g/mol. The van der Waals surface area contributed by atoms with E-state index in [1.54, 1.807) is 0 Å². The molecule has 0 saturated heterocycles. The van der Waals surface area contributed by atoms with Crippen LogP contribution in [0.3, 0.4) is 0 Å². The van der Waals surface area contributed by atoms with Crippen molar-refractivity contribution in [3.05, 3.63) is 146 Å². The molecule has 0 N–H and O–H groups in total. The molecule has 0 aliphatic rings. The largest absolute Gasteiger partial charge is 0.214 e. The van der Waals surface area contributed by atoms with Gasteiger partial charge in [-0.05, 0) is 77.5 Å². The molecule has 0 bridgehead atoms. The lowest BCUT2D eigenvalue weighted by atomic mass is 9.90. The molecule has 0 saturated carbocycles. The molecule has 0 fully saturated rings. The van der Waals surface area contributed by atoms with Crippen LogP contribution in [0.15, 0.2) is 146 Å². The van der Waals surface area contributed by atoms with E-state index in [1.165, 1.54) is 97.9 Å². The molecule has 10 rings (SSSR count). The molecular formula is C44H30N2+2. The molecule has 0 spiro atoms. The summed E-state index contributed by atoms with van der Waals surface area (Å²) in [6.07, 6.45) is 4.63. The minimum atomic E-state index is 1.24. The zero-order valence-corrected chi connectivity index (χ0v) is 25.8. The van der Waals surface area contributed by atoms with E-state index >= 15 is 0 Å². The Morgan fingerprint density at radius 3 is 1.26 bits per heavy atom. The molecule has 2 nitrogen and oxygen atoms in total. The number of fused-ring (bicyclic) bond motifs is 6. The maximum atomic E-state index is 2.38. The van der Waals surface area contributed by atoms with E-state index in [4.69, 9.17) is 0 Å². The summed E-state index contributed by atoms with van der Waals surface area (Å²) in [6, 6.07) is 49.4. The fourth-order valence-electron chi connectivity index (χ4n) is 8.05. The molecule has 0 aliphatic heterocycles. The number of hydrogen-bond donors (Lipinski definition) is 0. The van der Waals surface area contributed by atoms with Crippen molar-refractivity contribution in [3.63, 3.8) is 0 Å². The van der Waals surface area contributed by atoms with Crippen LogP contribution >= 0.6 is 0 Å². The molecule has 0 radical (unpaired) electrons. The number of aryl methyl sites for hydroxylation is 2. The van der Waals surface area contributed by atoms with E-state index < -0.39 is 0 Å². The maximum absolute atomic E-state index is 2.38. The predicted octanol–water partition coefficient (Wildman–Crippen LogP) is 10.2. The summed E-state index contributed by atoms with van der Waals surface area (Å²) in [5, 5.41) is 15.5. The van der Waals surface area contributed by atoms with Crippen molar-refractivity contribution in [2.24, 2.45) is 14.1 Å². The highest BCUT2D eigenvalue weighted by molar-refractivity contribution is 6.22. The van der Waals surface area contributed by atoms with E-state index in [0.29, 0.717) is 0 Å². The predicted molar refractivity (Wildman–Crippen MR) is 193 cm³/mol. The molecule has 0 amide bonds. The second-order valence-corrected chi connectivity index (χ2v) is 12.8. The molecule has 8 aromatic carbocycles. The van der Waals surface area contributed by atoms with Gasteiger partial charge in [0.1, 0.15) is 14.1 Å². The van der Waals surface area contributed by atoms with E-state index in [-0.39, 0.29) is 0 Å². The van der Waals surface area contributed by atoms with Crippen LogP contribution in [0.25, 0.3) is 97.9 Å². The first-order valence-corrected chi connectivity index (χ1v) is 16.0. The summed E-state index contributed by atoms with van der Waals surface area (Å²) in [4.78, 5) is 0.